The van der Waals surface area contributed by atoms with E-state index in [0.717, 1.165) is 4.90 Å². The van der Waals surface area contributed by atoms with Gasteiger partial charge in [-0.05, 0) is 42.8 Å². The molecule has 6 rings (SSSR count). The predicted octanol–water partition coefficient (Wildman–Crippen LogP) is 3.89. The van der Waals surface area contributed by atoms with Crippen molar-refractivity contribution in [2.24, 2.45) is 10.8 Å². The zero-order valence-corrected chi connectivity index (χ0v) is 28.2. The summed E-state index contributed by atoms with van der Waals surface area (Å²) in [7, 11) is 0. The van der Waals surface area contributed by atoms with E-state index < -0.39 is 40.5 Å². The fourth-order valence-corrected chi connectivity index (χ4v) is 7.58. The van der Waals surface area contributed by atoms with Crippen molar-refractivity contribution in [1.29, 1.82) is 5.26 Å². The minimum atomic E-state index is -1.03. The molecule has 13 nitrogen and oxygen atoms in total. The van der Waals surface area contributed by atoms with Gasteiger partial charge in [0.1, 0.15) is 35.4 Å². The van der Waals surface area contributed by atoms with E-state index in [2.05, 4.69) is 15.7 Å². The van der Waals surface area contributed by atoms with Crippen molar-refractivity contribution in [1.82, 2.24) is 25.3 Å². The van der Waals surface area contributed by atoms with Crippen LogP contribution in [0.4, 0.5) is 0 Å². The average Bonchev–Trinajstić information content (AvgIpc) is 3.63. The summed E-state index contributed by atoms with van der Waals surface area (Å²) in [5, 5.41) is 19.2. The van der Waals surface area contributed by atoms with Crippen molar-refractivity contribution in [3.05, 3.63) is 76.1 Å². The number of aromatic nitrogens is 2. The molecular formula is C35H35ClN6O7. The summed E-state index contributed by atoms with van der Waals surface area (Å²) in [5.41, 5.74) is 0.131. The molecule has 2 fully saturated rings. The van der Waals surface area contributed by atoms with Crippen molar-refractivity contribution < 1.29 is 33.4 Å². The predicted molar refractivity (Wildman–Crippen MR) is 175 cm³/mol. The molecular weight excluding hydrogens is 652 g/mol. The molecule has 1 atom stereocenters. The molecule has 1 aliphatic carbocycles. The third kappa shape index (κ3) is 6.12. The molecule has 1 saturated heterocycles. The van der Waals surface area contributed by atoms with Crippen molar-refractivity contribution in [2.45, 2.75) is 71.7 Å². The normalized spacial score (nSPS) is 22.1. The van der Waals surface area contributed by atoms with Gasteiger partial charge in [0.05, 0.1) is 28.3 Å². The van der Waals surface area contributed by atoms with Gasteiger partial charge in [-0.3, -0.25) is 38.9 Å². The molecule has 3 aromatic rings. The Morgan fingerprint density at radius 2 is 1.76 bits per heavy atom. The second-order valence-corrected chi connectivity index (χ2v) is 14.0. The first-order valence-corrected chi connectivity index (χ1v) is 16.3. The number of hydrogen-bond acceptors (Lipinski definition) is 9. The van der Waals surface area contributed by atoms with Crippen LogP contribution in [0.3, 0.4) is 0 Å². The van der Waals surface area contributed by atoms with E-state index in [9.17, 15) is 24.0 Å². The number of imide groups is 2. The van der Waals surface area contributed by atoms with Crippen LogP contribution in [0.1, 0.15) is 83.7 Å². The fourth-order valence-electron chi connectivity index (χ4n) is 7.36. The molecule has 2 N–H and O–H groups in total. The molecule has 2 aliphatic heterocycles. The number of rotatable bonds is 10. The summed E-state index contributed by atoms with van der Waals surface area (Å²) < 4.78 is 13.8. The van der Waals surface area contributed by atoms with Gasteiger partial charge in [-0.1, -0.05) is 39.3 Å². The van der Waals surface area contributed by atoms with Gasteiger partial charge in [0.25, 0.3) is 17.7 Å². The number of piperidine rings is 1. The standard InChI is InChI=1S/C35H35ClN6O7/c1-34(2)32(35(3,4)33(34)49-21-7-6-19(18-37)24(36)17-21)39-28(44)25-12-14-41(40-25)13-5-15-48-20-8-9-22-23(16-20)31(47)42(30(22)46)26-10-11-27(43)38-29(26)45/h6-9,12,14,16-17,26,32-33H,5,10-11,13,15H2,1-4H3,(H,39,44)(H,38,43,45). The van der Waals surface area contributed by atoms with Crippen LogP contribution in [0.5, 0.6) is 11.5 Å². The molecule has 0 radical (unpaired) electrons. The highest BCUT2D eigenvalue weighted by atomic mass is 35.5. The highest BCUT2D eigenvalue weighted by Crippen LogP contribution is 2.55. The van der Waals surface area contributed by atoms with Gasteiger partial charge in [0.2, 0.25) is 11.8 Å². The van der Waals surface area contributed by atoms with E-state index in [-0.39, 0.29) is 54.3 Å². The van der Waals surface area contributed by atoms with E-state index in [4.69, 9.17) is 26.3 Å². The number of fused-ring (bicyclic) bond motifs is 1. The van der Waals surface area contributed by atoms with Crippen LogP contribution in [0.2, 0.25) is 5.02 Å². The maximum absolute atomic E-state index is 13.2. The second kappa shape index (κ2) is 12.7. The summed E-state index contributed by atoms with van der Waals surface area (Å²) in [6.07, 6.45) is 2.15. The van der Waals surface area contributed by atoms with E-state index in [0.29, 0.717) is 35.1 Å². The number of benzene rings is 2. The van der Waals surface area contributed by atoms with Crippen LogP contribution in [0.25, 0.3) is 0 Å². The Morgan fingerprint density at radius 3 is 2.45 bits per heavy atom. The van der Waals surface area contributed by atoms with E-state index >= 15 is 0 Å². The summed E-state index contributed by atoms with van der Waals surface area (Å²) in [4.78, 5) is 63.9. The molecule has 0 spiro atoms. The van der Waals surface area contributed by atoms with Crippen molar-refractivity contribution in [3.8, 4) is 17.6 Å². The quantitative estimate of drug-likeness (QED) is 0.237. The van der Waals surface area contributed by atoms with Crippen LogP contribution < -0.4 is 20.1 Å². The number of carbonyl (C=O) groups excluding carboxylic acids is 5. The van der Waals surface area contributed by atoms with E-state index in [1.807, 2.05) is 33.8 Å². The number of hydrogen-bond donors (Lipinski definition) is 2. The van der Waals surface area contributed by atoms with Gasteiger partial charge in [0.15, 0.2) is 0 Å². The molecule has 3 heterocycles. The second-order valence-electron chi connectivity index (χ2n) is 13.6. The van der Waals surface area contributed by atoms with Crippen LogP contribution in [0.15, 0.2) is 48.7 Å². The fraction of sp³-hybridized carbons (Fsp3) is 0.400. The Kier molecular flexibility index (Phi) is 8.70. The molecule has 254 valence electrons. The Hall–Kier alpha value is -5.22. The minimum absolute atomic E-state index is 0.0473. The van der Waals surface area contributed by atoms with Crippen LogP contribution in [-0.4, -0.2) is 69.0 Å². The lowest BCUT2D eigenvalue weighted by Crippen LogP contribution is -2.74. The number of aryl methyl sites for hydroxylation is 1. The first-order chi connectivity index (χ1) is 23.2. The molecule has 49 heavy (non-hydrogen) atoms. The summed E-state index contributed by atoms with van der Waals surface area (Å²) in [6, 6.07) is 12.0. The molecule has 5 amide bonds. The first-order valence-electron chi connectivity index (χ1n) is 15.9. The van der Waals surface area contributed by atoms with E-state index in [1.165, 1.54) is 12.1 Å². The lowest BCUT2D eigenvalue weighted by molar-refractivity contribution is -0.164. The number of nitriles is 1. The van der Waals surface area contributed by atoms with Crippen molar-refractivity contribution in [3.63, 3.8) is 0 Å². The Bertz CT molecular complexity index is 1910. The van der Waals surface area contributed by atoms with E-state index in [1.54, 1.807) is 41.2 Å². The number of ether oxygens (including phenoxy) is 2. The highest BCUT2D eigenvalue weighted by Gasteiger charge is 2.64. The van der Waals surface area contributed by atoms with Gasteiger partial charge in [-0.15, -0.1) is 0 Å². The van der Waals surface area contributed by atoms with Crippen molar-refractivity contribution >= 4 is 41.1 Å². The SMILES string of the molecule is CC1(C)C(NC(=O)c2ccn(CCCOc3ccc4c(c3)C(=O)N(C3CCC(=O)NC3=O)C4=O)n2)C(C)(C)C1Oc1ccc(C#N)c(Cl)c1. The smallest absolute Gasteiger partial charge is 0.272 e. The van der Waals surface area contributed by atoms with Gasteiger partial charge in [-0.2, -0.15) is 10.4 Å². The Balaban J connectivity index is 0.999. The Labute approximate surface area is 287 Å². The molecule has 1 unspecified atom stereocenters. The molecule has 2 aromatic carbocycles. The van der Waals surface area contributed by atoms with Crippen LogP contribution in [-0.2, 0) is 16.1 Å². The monoisotopic (exact) mass is 686 g/mol. The zero-order valence-electron chi connectivity index (χ0n) is 27.4. The minimum Gasteiger partial charge on any atom is -0.494 e. The third-order valence-electron chi connectivity index (χ3n) is 9.51. The number of nitrogens with zero attached hydrogens (tertiary/aromatic N) is 4. The molecule has 14 heteroatoms. The van der Waals surface area contributed by atoms with Gasteiger partial charge in [-0.25, -0.2) is 0 Å². The Morgan fingerprint density at radius 1 is 1.04 bits per heavy atom. The third-order valence-corrected chi connectivity index (χ3v) is 9.83. The number of amides is 5. The number of halogens is 1. The lowest BCUT2D eigenvalue weighted by Gasteiger charge is -2.63. The van der Waals surface area contributed by atoms with Gasteiger partial charge < -0.3 is 14.8 Å². The maximum atomic E-state index is 13.2. The van der Waals surface area contributed by atoms with Crippen LogP contribution in [0, 0.1) is 22.2 Å². The molecule has 1 aromatic heterocycles. The van der Waals surface area contributed by atoms with Gasteiger partial charge in [0, 0.05) is 48.5 Å². The lowest BCUT2D eigenvalue weighted by atomic mass is 9.49. The molecule has 3 aliphatic rings. The molecule has 1 saturated carbocycles. The number of carbonyl (C=O) groups is 5. The highest BCUT2D eigenvalue weighted by molar-refractivity contribution is 6.31. The maximum Gasteiger partial charge on any atom is 0.272 e. The average molecular weight is 687 g/mol. The van der Waals surface area contributed by atoms with Crippen LogP contribution >= 0.6 is 11.6 Å². The van der Waals surface area contributed by atoms with Crippen molar-refractivity contribution in [2.75, 3.05) is 6.61 Å². The summed E-state index contributed by atoms with van der Waals surface area (Å²) in [5.74, 6) is -1.63. The topological polar surface area (TPSA) is 173 Å². The summed E-state index contributed by atoms with van der Waals surface area (Å²) in [6.45, 7) is 8.85. The largest absolute Gasteiger partial charge is 0.494 e. The summed E-state index contributed by atoms with van der Waals surface area (Å²) >= 11 is 6.20. The molecule has 0 bridgehead atoms. The van der Waals surface area contributed by atoms with Gasteiger partial charge >= 0.3 is 0 Å². The zero-order chi connectivity index (χ0) is 35.2. The number of nitrogens with one attached hydrogen (secondary N) is 2. The first kappa shape index (κ1) is 33.7.